The van der Waals surface area contributed by atoms with Crippen LogP contribution in [0.1, 0.15) is 10.5 Å². The Labute approximate surface area is 93.3 Å². The summed E-state index contributed by atoms with van der Waals surface area (Å²) in [5.41, 5.74) is 0.404. The van der Waals surface area contributed by atoms with Crippen LogP contribution in [-0.2, 0) is 4.74 Å². The van der Waals surface area contributed by atoms with E-state index in [1.54, 1.807) is 29.3 Å². The first-order valence-corrected chi connectivity index (χ1v) is 5.03. The fourth-order valence-corrected chi connectivity index (χ4v) is 1.56. The number of morpholine rings is 1. The van der Waals surface area contributed by atoms with Gasteiger partial charge in [-0.05, 0) is 12.1 Å². The van der Waals surface area contributed by atoms with Gasteiger partial charge in [0.15, 0.2) is 6.10 Å². The molecular formula is C11H11N3O2. The number of carbonyl (C=O) groups is 1. The van der Waals surface area contributed by atoms with Crippen LogP contribution in [0, 0.1) is 11.3 Å². The van der Waals surface area contributed by atoms with Gasteiger partial charge in [-0.15, -0.1) is 0 Å². The summed E-state index contributed by atoms with van der Waals surface area (Å²) < 4.78 is 5.17. The largest absolute Gasteiger partial charge is 0.360 e. The fraction of sp³-hybridized carbons (Fsp3) is 0.364. The third kappa shape index (κ3) is 2.18. The second-order valence-corrected chi connectivity index (χ2v) is 3.45. The number of nitriles is 1. The molecule has 0 aromatic carbocycles. The van der Waals surface area contributed by atoms with Crippen LogP contribution in [0.2, 0.25) is 0 Å². The molecule has 16 heavy (non-hydrogen) atoms. The summed E-state index contributed by atoms with van der Waals surface area (Å²) in [6, 6.07) is 7.19. The molecule has 0 bridgehead atoms. The maximum atomic E-state index is 12.0. The zero-order valence-corrected chi connectivity index (χ0v) is 8.67. The number of pyridine rings is 1. The highest BCUT2D eigenvalue weighted by molar-refractivity contribution is 5.92. The van der Waals surface area contributed by atoms with E-state index >= 15 is 0 Å². The molecule has 1 aliphatic heterocycles. The molecule has 1 atom stereocenters. The van der Waals surface area contributed by atoms with Gasteiger partial charge in [0.2, 0.25) is 0 Å². The van der Waals surface area contributed by atoms with Gasteiger partial charge in [0, 0.05) is 12.7 Å². The van der Waals surface area contributed by atoms with Gasteiger partial charge in [-0.1, -0.05) is 6.07 Å². The molecule has 1 fully saturated rings. The summed E-state index contributed by atoms with van der Waals surface area (Å²) in [5.74, 6) is -0.149. The number of nitrogens with zero attached hydrogens (tertiary/aromatic N) is 3. The van der Waals surface area contributed by atoms with E-state index in [-0.39, 0.29) is 5.91 Å². The van der Waals surface area contributed by atoms with Crippen LogP contribution in [0.3, 0.4) is 0 Å². The van der Waals surface area contributed by atoms with E-state index in [1.807, 2.05) is 6.07 Å². The lowest BCUT2D eigenvalue weighted by atomic mass is 10.2. The zero-order chi connectivity index (χ0) is 11.4. The minimum absolute atomic E-state index is 0.149. The number of hydrogen-bond acceptors (Lipinski definition) is 4. The van der Waals surface area contributed by atoms with Crippen LogP contribution >= 0.6 is 0 Å². The van der Waals surface area contributed by atoms with Crippen molar-refractivity contribution in [3.8, 4) is 6.07 Å². The molecule has 0 radical (unpaired) electrons. The van der Waals surface area contributed by atoms with E-state index in [9.17, 15) is 4.79 Å². The van der Waals surface area contributed by atoms with Gasteiger partial charge >= 0.3 is 0 Å². The Morgan fingerprint density at radius 3 is 3.19 bits per heavy atom. The Kier molecular flexibility index (Phi) is 3.13. The Morgan fingerprint density at radius 1 is 1.62 bits per heavy atom. The summed E-state index contributed by atoms with van der Waals surface area (Å²) in [5, 5.41) is 8.73. The van der Waals surface area contributed by atoms with Gasteiger partial charge < -0.3 is 9.64 Å². The SMILES string of the molecule is N#CC1CN(C(=O)c2ccccn2)CCO1. The van der Waals surface area contributed by atoms with E-state index in [0.717, 1.165) is 0 Å². The number of ether oxygens (including phenoxy) is 1. The highest BCUT2D eigenvalue weighted by atomic mass is 16.5. The molecular weight excluding hydrogens is 206 g/mol. The summed E-state index contributed by atoms with van der Waals surface area (Å²) in [6.07, 6.45) is 1.05. The third-order valence-electron chi connectivity index (χ3n) is 2.38. The van der Waals surface area contributed by atoms with Crippen LogP contribution in [0.25, 0.3) is 0 Å². The molecule has 0 saturated carbocycles. The van der Waals surface area contributed by atoms with Gasteiger partial charge in [-0.25, -0.2) is 0 Å². The number of hydrogen-bond donors (Lipinski definition) is 0. The maximum Gasteiger partial charge on any atom is 0.272 e. The number of carbonyl (C=O) groups excluding carboxylic acids is 1. The van der Waals surface area contributed by atoms with Crippen molar-refractivity contribution < 1.29 is 9.53 Å². The molecule has 1 unspecified atom stereocenters. The average Bonchev–Trinajstić information content (AvgIpc) is 2.39. The van der Waals surface area contributed by atoms with Crippen molar-refractivity contribution in [2.45, 2.75) is 6.10 Å². The van der Waals surface area contributed by atoms with Crippen LogP contribution < -0.4 is 0 Å². The predicted molar refractivity (Wildman–Crippen MR) is 55.5 cm³/mol. The zero-order valence-electron chi connectivity index (χ0n) is 8.67. The lowest BCUT2D eigenvalue weighted by molar-refractivity contribution is 0.00320. The van der Waals surface area contributed by atoms with Crippen molar-refractivity contribution in [2.24, 2.45) is 0 Å². The standard InChI is InChI=1S/C11H11N3O2/c12-7-9-8-14(5-6-16-9)11(15)10-3-1-2-4-13-10/h1-4,9H,5-6,8H2. The number of amides is 1. The van der Waals surface area contributed by atoms with E-state index in [4.69, 9.17) is 10.00 Å². The molecule has 2 heterocycles. The Morgan fingerprint density at radius 2 is 2.50 bits per heavy atom. The van der Waals surface area contributed by atoms with Crippen molar-refractivity contribution in [3.05, 3.63) is 30.1 Å². The predicted octanol–water partition coefficient (Wildman–Crippen LogP) is 0.446. The smallest absolute Gasteiger partial charge is 0.272 e. The molecule has 1 aromatic heterocycles. The molecule has 1 amide bonds. The van der Waals surface area contributed by atoms with Crippen molar-refractivity contribution in [1.82, 2.24) is 9.88 Å². The monoisotopic (exact) mass is 217 g/mol. The lowest BCUT2D eigenvalue weighted by Gasteiger charge is -2.29. The van der Waals surface area contributed by atoms with Gasteiger partial charge in [0.05, 0.1) is 19.2 Å². The Bertz CT molecular complexity index is 413. The highest BCUT2D eigenvalue weighted by Gasteiger charge is 2.25. The topological polar surface area (TPSA) is 66.2 Å². The van der Waals surface area contributed by atoms with Crippen LogP contribution in [0.4, 0.5) is 0 Å². The molecule has 0 spiro atoms. The van der Waals surface area contributed by atoms with E-state index < -0.39 is 6.10 Å². The molecule has 1 aliphatic rings. The first kappa shape index (κ1) is 10.6. The van der Waals surface area contributed by atoms with E-state index in [2.05, 4.69) is 4.98 Å². The van der Waals surface area contributed by atoms with Crippen molar-refractivity contribution in [1.29, 1.82) is 5.26 Å². The Hall–Kier alpha value is -1.93. The molecule has 5 nitrogen and oxygen atoms in total. The third-order valence-corrected chi connectivity index (χ3v) is 2.38. The maximum absolute atomic E-state index is 12.0. The van der Waals surface area contributed by atoms with Gasteiger partial charge in [0.25, 0.3) is 5.91 Å². The van der Waals surface area contributed by atoms with Crippen LogP contribution in [0.15, 0.2) is 24.4 Å². The number of rotatable bonds is 1. The van der Waals surface area contributed by atoms with Crippen molar-refractivity contribution in [2.75, 3.05) is 19.7 Å². The van der Waals surface area contributed by atoms with Crippen LogP contribution in [-0.4, -0.2) is 41.6 Å². The van der Waals surface area contributed by atoms with Gasteiger partial charge in [0.1, 0.15) is 5.69 Å². The van der Waals surface area contributed by atoms with Gasteiger partial charge in [-0.3, -0.25) is 9.78 Å². The molecule has 5 heteroatoms. The van der Waals surface area contributed by atoms with Crippen molar-refractivity contribution in [3.63, 3.8) is 0 Å². The van der Waals surface area contributed by atoms with Gasteiger partial charge in [-0.2, -0.15) is 5.26 Å². The second kappa shape index (κ2) is 4.73. The molecule has 1 aromatic rings. The molecule has 0 N–H and O–H groups in total. The molecule has 0 aliphatic carbocycles. The fourth-order valence-electron chi connectivity index (χ4n) is 1.56. The average molecular weight is 217 g/mol. The molecule has 82 valence electrons. The number of aromatic nitrogens is 1. The Balaban J connectivity index is 2.08. The van der Waals surface area contributed by atoms with Crippen LogP contribution in [0.5, 0.6) is 0 Å². The molecule has 2 rings (SSSR count). The highest BCUT2D eigenvalue weighted by Crippen LogP contribution is 2.08. The van der Waals surface area contributed by atoms with E-state index in [1.165, 1.54) is 0 Å². The lowest BCUT2D eigenvalue weighted by Crippen LogP contribution is -2.45. The second-order valence-electron chi connectivity index (χ2n) is 3.45. The summed E-state index contributed by atoms with van der Waals surface area (Å²) >= 11 is 0. The quantitative estimate of drug-likeness (QED) is 0.684. The van der Waals surface area contributed by atoms with Crippen molar-refractivity contribution >= 4 is 5.91 Å². The molecule has 1 saturated heterocycles. The first-order valence-electron chi connectivity index (χ1n) is 5.03. The summed E-state index contributed by atoms with van der Waals surface area (Å²) in [6.45, 7) is 1.22. The summed E-state index contributed by atoms with van der Waals surface area (Å²) in [4.78, 5) is 17.5. The minimum Gasteiger partial charge on any atom is -0.360 e. The van der Waals surface area contributed by atoms with E-state index in [0.29, 0.717) is 25.4 Å². The minimum atomic E-state index is -0.526. The first-order chi connectivity index (χ1) is 7.81. The normalized spacial score (nSPS) is 20.2. The summed E-state index contributed by atoms with van der Waals surface area (Å²) in [7, 11) is 0.